The second kappa shape index (κ2) is 5.07. The first-order valence-corrected chi connectivity index (χ1v) is 5.91. The third-order valence-corrected chi connectivity index (χ3v) is 3.21. The average molecular weight is 253 g/mol. The number of halogens is 1. The molecule has 1 aromatic carbocycles. The number of aryl methyl sites for hydroxylation is 1. The molecule has 2 heterocycles. The third kappa shape index (κ3) is 2.45. The Bertz CT molecular complexity index is 503. The van der Waals surface area contributed by atoms with Gasteiger partial charge in [-0.3, -0.25) is 0 Å². The molecule has 0 radical (unpaired) electrons. The molecule has 1 atom stereocenters. The molecule has 4 heteroatoms. The van der Waals surface area contributed by atoms with E-state index in [9.17, 15) is 0 Å². The van der Waals surface area contributed by atoms with E-state index < -0.39 is 0 Å². The van der Waals surface area contributed by atoms with Gasteiger partial charge >= 0.3 is 0 Å². The molecule has 1 unspecified atom stereocenters. The highest BCUT2D eigenvalue weighted by molar-refractivity contribution is 5.85. The zero-order chi connectivity index (χ0) is 11.0. The van der Waals surface area contributed by atoms with Crippen LogP contribution in [0.3, 0.4) is 0 Å². The van der Waals surface area contributed by atoms with Crippen molar-refractivity contribution in [2.75, 3.05) is 13.1 Å². The molecule has 1 aliphatic heterocycles. The van der Waals surface area contributed by atoms with Crippen molar-refractivity contribution in [3.8, 4) is 0 Å². The topological polar surface area (TPSA) is 38.1 Å². The highest BCUT2D eigenvalue weighted by Crippen LogP contribution is 2.26. The first kappa shape index (κ1) is 12.4. The molecular weight excluding hydrogens is 236 g/mol. The molecule has 0 saturated carbocycles. The Kier molecular flexibility index (Phi) is 3.69. The van der Waals surface area contributed by atoms with Gasteiger partial charge in [0, 0.05) is 12.5 Å². The van der Waals surface area contributed by atoms with E-state index in [1.165, 1.54) is 18.4 Å². The molecule has 0 bridgehead atoms. The van der Waals surface area contributed by atoms with E-state index in [2.05, 4.69) is 29.4 Å². The number of piperidine rings is 1. The Morgan fingerprint density at radius 3 is 3.06 bits per heavy atom. The maximum absolute atomic E-state index is 5.84. The third-order valence-electron chi connectivity index (χ3n) is 3.21. The SMILES string of the molecule is Cc1ccc2nc(C3CCCNC3)oc2c1.Cl. The molecule has 0 spiro atoms. The largest absolute Gasteiger partial charge is 0.440 e. The van der Waals surface area contributed by atoms with Gasteiger partial charge < -0.3 is 9.73 Å². The summed E-state index contributed by atoms with van der Waals surface area (Å²) in [6, 6.07) is 6.17. The number of oxazole rings is 1. The number of aromatic nitrogens is 1. The van der Waals surface area contributed by atoms with E-state index in [1.54, 1.807) is 0 Å². The van der Waals surface area contributed by atoms with Gasteiger partial charge in [0.15, 0.2) is 11.5 Å². The first-order chi connectivity index (χ1) is 7.83. The van der Waals surface area contributed by atoms with Crippen molar-refractivity contribution < 1.29 is 4.42 Å². The van der Waals surface area contributed by atoms with Crippen LogP contribution in [0.4, 0.5) is 0 Å². The maximum Gasteiger partial charge on any atom is 0.199 e. The fraction of sp³-hybridized carbons (Fsp3) is 0.462. The Morgan fingerprint density at radius 1 is 1.41 bits per heavy atom. The lowest BCUT2D eigenvalue weighted by Gasteiger charge is -2.19. The molecule has 0 amide bonds. The Morgan fingerprint density at radius 2 is 2.29 bits per heavy atom. The summed E-state index contributed by atoms with van der Waals surface area (Å²) >= 11 is 0. The van der Waals surface area contributed by atoms with Crippen molar-refractivity contribution in [2.45, 2.75) is 25.7 Å². The summed E-state index contributed by atoms with van der Waals surface area (Å²) in [6.07, 6.45) is 2.39. The molecule has 1 aromatic heterocycles. The van der Waals surface area contributed by atoms with Crippen LogP contribution in [0.5, 0.6) is 0 Å². The monoisotopic (exact) mass is 252 g/mol. The van der Waals surface area contributed by atoms with Crippen LogP contribution < -0.4 is 5.32 Å². The van der Waals surface area contributed by atoms with Gasteiger partial charge in [-0.2, -0.15) is 0 Å². The smallest absolute Gasteiger partial charge is 0.199 e. The highest BCUT2D eigenvalue weighted by Gasteiger charge is 2.20. The fourth-order valence-corrected chi connectivity index (χ4v) is 2.29. The maximum atomic E-state index is 5.84. The molecule has 17 heavy (non-hydrogen) atoms. The van der Waals surface area contributed by atoms with Gasteiger partial charge in [0.05, 0.1) is 0 Å². The van der Waals surface area contributed by atoms with E-state index in [1.807, 2.05) is 6.07 Å². The van der Waals surface area contributed by atoms with Crippen molar-refractivity contribution in [1.29, 1.82) is 0 Å². The number of benzene rings is 1. The molecule has 1 saturated heterocycles. The lowest BCUT2D eigenvalue weighted by atomic mass is 10.00. The van der Waals surface area contributed by atoms with E-state index in [4.69, 9.17) is 4.42 Å². The second-order valence-electron chi connectivity index (χ2n) is 4.57. The molecule has 1 fully saturated rings. The summed E-state index contributed by atoms with van der Waals surface area (Å²) in [5, 5.41) is 3.39. The average Bonchev–Trinajstić information content (AvgIpc) is 2.73. The number of rotatable bonds is 1. The summed E-state index contributed by atoms with van der Waals surface area (Å²) in [7, 11) is 0. The van der Waals surface area contributed by atoms with Crippen molar-refractivity contribution in [3.05, 3.63) is 29.7 Å². The summed E-state index contributed by atoms with van der Waals surface area (Å²) in [5.74, 6) is 1.34. The number of hydrogen-bond acceptors (Lipinski definition) is 3. The van der Waals surface area contributed by atoms with Crippen LogP contribution in [0, 0.1) is 6.92 Å². The normalized spacial score (nSPS) is 20.2. The summed E-state index contributed by atoms with van der Waals surface area (Å²) < 4.78 is 5.84. The van der Waals surface area contributed by atoms with Crippen molar-refractivity contribution >= 4 is 23.5 Å². The fourth-order valence-electron chi connectivity index (χ4n) is 2.29. The van der Waals surface area contributed by atoms with Crippen molar-refractivity contribution in [1.82, 2.24) is 10.3 Å². The second-order valence-corrected chi connectivity index (χ2v) is 4.57. The molecule has 3 nitrogen and oxygen atoms in total. The quantitative estimate of drug-likeness (QED) is 0.848. The van der Waals surface area contributed by atoms with Gasteiger partial charge in [-0.05, 0) is 44.0 Å². The van der Waals surface area contributed by atoms with Gasteiger partial charge in [0.1, 0.15) is 5.52 Å². The van der Waals surface area contributed by atoms with Crippen LogP contribution in [0.25, 0.3) is 11.1 Å². The van der Waals surface area contributed by atoms with E-state index >= 15 is 0 Å². The van der Waals surface area contributed by atoms with Crippen LogP contribution in [0.2, 0.25) is 0 Å². The summed E-state index contributed by atoms with van der Waals surface area (Å²) in [5.41, 5.74) is 3.11. The molecule has 1 aliphatic rings. The lowest BCUT2D eigenvalue weighted by Crippen LogP contribution is -2.28. The molecule has 2 aromatic rings. The predicted molar refractivity (Wildman–Crippen MR) is 70.8 cm³/mol. The Hall–Kier alpha value is -1.06. The minimum absolute atomic E-state index is 0. The molecule has 92 valence electrons. The standard InChI is InChI=1S/C13H16N2O.ClH/c1-9-4-5-11-12(7-9)16-13(15-11)10-3-2-6-14-8-10;/h4-5,7,10,14H,2-3,6,8H2,1H3;1H. The first-order valence-electron chi connectivity index (χ1n) is 5.91. The summed E-state index contributed by atoms with van der Waals surface area (Å²) in [6.45, 7) is 4.19. The molecule has 3 rings (SSSR count). The van der Waals surface area contributed by atoms with E-state index in [0.717, 1.165) is 30.1 Å². The Balaban J connectivity index is 0.00000108. The number of hydrogen-bond donors (Lipinski definition) is 1. The Labute approximate surface area is 107 Å². The van der Waals surface area contributed by atoms with Crippen LogP contribution in [0.15, 0.2) is 22.6 Å². The predicted octanol–water partition coefficient (Wildman–Crippen LogP) is 3.03. The van der Waals surface area contributed by atoms with Gasteiger partial charge in [-0.15, -0.1) is 12.4 Å². The van der Waals surface area contributed by atoms with Crippen LogP contribution in [-0.2, 0) is 0 Å². The highest BCUT2D eigenvalue weighted by atomic mass is 35.5. The van der Waals surface area contributed by atoms with E-state index in [-0.39, 0.29) is 12.4 Å². The number of nitrogens with one attached hydrogen (secondary N) is 1. The zero-order valence-electron chi connectivity index (χ0n) is 9.90. The van der Waals surface area contributed by atoms with Crippen LogP contribution in [-0.4, -0.2) is 18.1 Å². The lowest BCUT2D eigenvalue weighted by molar-refractivity contribution is 0.387. The van der Waals surface area contributed by atoms with Crippen molar-refractivity contribution in [2.24, 2.45) is 0 Å². The summed E-state index contributed by atoms with van der Waals surface area (Å²) in [4.78, 5) is 4.57. The molecule has 0 aliphatic carbocycles. The van der Waals surface area contributed by atoms with Gasteiger partial charge in [-0.1, -0.05) is 6.07 Å². The van der Waals surface area contributed by atoms with Crippen molar-refractivity contribution in [3.63, 3.8) is 0 Å². The van der Waals surface area contributed by atoms with Gasteiger partial charge in [0.2, 0.25) is 0 Å². The molecule has 1 N–H and O–H groups in total. The number of nitrogens with zero attached hydrogens (tertiary/aromatic N) is 1. The molecular formula is C13H17ClN2O. The van der Waals surface area contributed by atoms with Gasteiger partial charge in [-0.25, -0.2) is 4.98 Å². The van der Waals surface area contributed by atoms with E-state index in [0.29, 0.717) is 5.92 Å². The zero-order valence-corrected chi connectivity index (χ0v) is 10.7. The van der Waals surface area contributed by atoms with Gasteiger partial charge in [0.25, 0.3) is 0 Å². The van der Waals surface area contributed by atoms with Crippen LogP contribution >= 0.6 is 12.4 Å². The minimum atomic E-state index is 0. The minimum Gasteiger partial charge on any atom is -0.440 e. The number of fused-ring (bicyclic) bond motifs is 1. The van der Waals surface area contributed by atoms with Crippen LogP contribution in [0.1, 0.15) is 30.2 Å².